The van der Waals surface area contributed by atoms with Gasteiger partial charge in [0.25, 0.3) is 0 Å². The molecule has 4 nitrogen and oxygen atoms in total. The summed E-state index contributed by atoms with van der Waals surface area (Å²) in [5.74, 6) is -0.0189. The van der Waals surface area contributed by atoms with Gasteiger partial charge in [0.1, 0.15) is 6.04 Å². The molecule has 19 heavy (non-hydrogen) atoms. The third-order valence-corrected chi connectivity index (χ3v) is 3.25. The summed E-state index contributed by atoms with van der Waals surface area (Å²) in [4.78, 5) is 12.0. The Bertz CT molecular complexity index is 534. The smallest absolute Gasteiger partial charge is 0.244 e. The molecule has 0 bridgehead atoms. The minimum Gasteiger partial charge on any atom is -0.350 e. The lowest BCUT2D eigenvalue weighted by Gasteiger charge is -2.14. The van der Waals surface area contributed by atoms with Gasteiger partial charge in [0, 0.05) is 18.9 Å². The van der Waals surface area contributed by atoms with E-state index in [1.54, 1.807) is 17.1 Å². The minimum absolute atomic E-state index is 0.0189. The highest BCUT2D eigenvalue weighted by atomic mass is 16.2. The molecular formula is C15H19N3O. The van der Waals surface area contributed by atoms with Crippen molar-refractivity contribution >= 4 is 5.91 Å². The van der Waals surface area contributed by atoms with Crippen LogP contribution in [0, 0.1) is 0 Å². The van der Waals surface area contributed by atoms with Crippen molar-refractivity contribution in [1.82, 2.24) is 15.1 Å². The number of aromatic nitrogens is 2. The van der Waals surface area contributed by atoms with E-state index in [1.165, 1.54) is 11.1 Å². The van der Waals surface area contributed by atoms with Crippen molar-refractivity contribution in [3.8, 4) is 0 Å². The first-order valence-corrected chi connectivity index (χ1v) is 6.56. The Morgan fingerprint density at radius 1 is 1.32 bits per heavy atom. The van der Waals surface area contributed by atoms with Gasteiger partial charge in [0.05, 0.1) is 0 Å². The molecule has 1 N–H and O–H groups in total. The number of hydrogen-bond acceptors (Lipinski definition) is 2. The molecule has 0 saturated carbocycles. The molecule has 0 spiro atoms. The summed E-state index contributed by atoms with van der Waals surface area (Å²) in [6.45, 7) is 4.52. The normalized spacial score (nSPS) is 12.1. The van der Waals surface area contributed by atoms with Gasteiger partial charge in [-0.05, 0) is 30.5 Å². The highest BCUT2D eigenvalue weighted by Crippen LogP contribution is 2.10. The van der Waals surface area contributed by atoms with E-state index in [4.69, 9.17) is 0 Å². The fraction of sp³-hybridized carbons (Fsp3) is 0.333. The zero-order valence-electron chi connectivity index (χ0n) is 11.3. The Morgan fingerprint density at radius 3 is 2.68 bits per heavy atom. The van der Waals surface area contributed by atoms with Gasteiger partial charge in [-0.3, -0.25) is 9.48 Å². The molecule has 0 radical (unpaired) electrons. The second-order valence-corrected chi connectivity index (χ2v) is 4.50. The van der Waals surface area contributed by atoms with Gasteiger partial charge < -0.3 is 5.32 Å². The van der Waals surface area contributed by atoms with Gasteiger partial charge in [0.2, 0.25) is 5.91 Å². The Balaban J connectivity index is 1.97. The van der Waals surface area contributed by atoms with E-state index in [0.29, 0.717) is 6.54 Å². The molecule has 0 fully saturated rings. The van der Waals surface area contributed by atoms with Crippen LogP contribution in [0.3, 0.4) is 0 Å². The van der Waals surface area contributed by atoms with Crippen molar-refractivity contribution in [2.45, 2.75) is 32.9 Å². The summed E-state index contributed by atoms with van der Waals surface area (Å²) in [5.41, 5.74) is 2.44. The van der Waals surface area contributed by atoms with Crippen LogP contribution in [0.5, 0.6) is 0 Å². The predicted molar refractivity (Wildman–Crippen MR) is 74.6 cm³/mol. The fourth-order valence-electron chi connectivity index (χ4n) is 2.03. The van der Waals surface area contributed by atoms with Crippen LogP contribution < -0.4 is 5.32 Å². The second kappa shape index (κ2) is 6.18. The Morgan fingerprint density at radius 2 is 2.05 bits per heavy atom. The zero-order chi connectivity index (χ0) is 13.7. The maximum Gasteiger partial charge on any atom is 0.244 e. The molecule has 1 aromatic carbocycles. The molecule has 100 valence electrons. The van der Waals surface area contributed by atoms with Crippen LogP contribution in [0.2, 0.25) is 0 Å². The average Bonchev–Trinajstić information content (AvgIpc) is 2.98. The molecule has 2 aromatic rings. The topological polar surface area (TPSA) is 46.9 Å². The van der Waals surface area contributed by atoms with E-state index in [9.17, 15) is 4.79 Å². The Hall–Kier alpha value is -2.10. The molecule has 1 amide bonds. The number of aryl methyl sites for hydroxylation is 1. The van der Waals surface area contributed by atoms with Crippen LogP contribution >= 0.6 is 0 Å². The minimum atomic E-state index is -0.288. The summed E-state index contributed by atoms with van der Waals surface area (Å²) < 4.78 is 1.65. The number of nitrogens with one attached hydrogen (secondary N) is 1. The summed E-state index contributed by atoms with van der Waals surface area (Å²) in [6, 6.07) is 9.70. The first-order chi connectivity index (χ1) is 9.22. The number of carbonyl (C=O) groups excluding carboxylic acids is 1. The number of nitrogens with zero attached hydrogens (tertiary/aromatic N) is 2. The van der Waals surface area contributed by atoms with Crippen LogP contribution in [0.1, 0.15) is 31.0 Å². The molecule has 4 heteroatoms. The van der Waals surface area contributed by atoms with E-state index in [0.717, 1.165) is 6.42 Å². The van der Waals surface area contributed by atoms with Crippen LogP contribution in [-0.4, -0.2) is 15.7 Å². The Kier molecular flexibility index (Phi) is 4.34. The van der Waals surface area contributed by atoms with Gasteiger partial charge in [-0.15, -0.1) is 0 Å². The second-order valence-electron chi connectivity index (χ2n) is 4.50. The molecule has 0 aliphatic heterocycles. The third kappa shape index (κ3) is 3.22. The van der Waals surface area contributed by atoms with Gasteiger partial charge in [-0.2, -0.15) is 5.10 Å². The molecule has 0 aliphatic rings. The summed E-state index contributed by atoms with van der Waals surface area (Å²) in [6.07, 6.45) is 4.45. The molecule has 1 atom stereocenters. The largest absolute Gasteiger partial charge is 0.350 e. The molecule has 1 unspecified atom stereocenters. The van der Waals surface area contributed by atoms with E-state index in [-0.39, 0.29) is 11.9 Å². The highest BCUT2D eigenvalue weighted by molar-refractivity contribution is 5.79. The quantitative estimate of drug-likeness (QED) is 0.893. The van der Waals surface area contributed by atoms with Gasteiger partial charge >= 0.3 is 0 Å². The van der Waals surface area contributed by atoms with Crippen molar-refractivity contribution < 1.29 is 4.79 Å². The fourth-order valence-corrected chi connectivity index (χ4v) is 2.03. The number of rotatable bonds is 5. The third-order valence-electron chi connectivity index (χ3n) is 3.25. The van der Waals surface area contributed by atoms with E-state index in [1.807, 2.05) is 25.1 Å². The first kappa shape index (κ1) is 13.3. The van der Waals surface area contributed by atoms with Crippen molar-refractivity contribution in [2.75, 3.05) is 0 Å². The lowest BCUT2D eigenvalue weighted by atomic mass is 10.1. The van der Waals surface area contributed by atoms with Crippen LogP contribution in [0.15, 0.2) is 42.7 Å². The maximum absolute atomic E-state index is 12.0. The number of amides is 1. The number of benzene rings is 1. The SMILES string of the molecule is CCc1ccccc1CNC(=O)C(C)n1cccn1. The molecule has 1 heterocycles. The summed E-state index contributed by atoms with van der Waals surface area (Å²) >= 11 is 0. The van der Waals surface area contributed by atoms with Crippen molar-refractivity contribution in [2.24, 2.45) is 0 Å². The standard InChI is InChI=1S/C15H19N3O/c1-3-13-7-4-5-8-14(13)11-16-15(19)12(2)18-10-6-9-17-18/h4-10,12H,3,11H2,1-2H3,(H,16,19). The number of carbonyl (C=O) groups is 1. The summed E-state index contributed by atoms with van der Waals surface area (Å²) in [5, 5.41) is 7.04. The van der Waals surface area contributed by atoms with E-state index < -0.39 is 0 Å². The molecular weight excluding hydrogens is 238 g/mol. The molecule has 2 rings (SSSR count). The van der Waals surface area contributed by atoms with Crippen molar-refractivity contribution in [3.05, 3.63) is 53.9 Å². The predicted octanol–water partition coefficient (Wildman–Crippen LogP) is 2.32. The van der Waals surface area contributed by atoms with Gasteiger partial charge in [-0.25, -0.2) is 0 Å². The van der Waals surface area contributed by atoms with Crippen LogP contribution in [0.4, 0.5) is 0 Å². The van der Waals surface area contributed by atoms with Crippen LogP contribution in [0.25, 0.3) is 0 Å². The molecule has 0 saturated heterocycles. The average molecular weight is 257 g/mol. The molecule has 0 aliphatic carbocycles. The summed E-state index contributed by atoms with van der Waals surface area (Å²) in [7, 11) is 0. The first-order valence-electron chi connectivity index (χ1n) is 6.56. The van der Waals surface area contributed by atoms with Crippen LogP contribution in [-0.2, 0) is 17.8 Å². The molecule has 1 aromatic heterocycles. The zero-order valence-corrected chi connectivity index (χ0v) is 11.3. The lowest BCUT2D eigenvalue weighted by molar-refractivity contribution is -0.124. The Labute approximate surface area is 113 Å². The van der Waals surface area contributed by atoms with Gasteiger partial charge in [0.15, 0.2) is 0 Å². The van der Waals surface area contributed by atoms with Crippen molar-refractivity contribution in [1.29, 1.82) is 0 Å². The monoisotopic (exact) mass is 257 g/mol. The highest BCUT2D eigenvalue weighted by Gasteiger charge is 2.14. The number of hydrogen-bond donors (Lipinski definition) is 1. The van der Waals surface area contributed by atoms with E-state index in [2.05, 4.69) is 29.5 Å². The maximum atomic E-state index is 12.0. The van der Waals surface area contributed by atoms with Crippen molar-refractivity contribution in [3.63, 3.8) is 0 Å². The van der Waals surface area contributed by atoms with E-state index >= 15 is 0 Å². The lowest BCUT2D eigenvalue weighted by Crippen LogP contribution is -2.31. The van der Waals surface area contributed by atoms with Gasteiger partial charge in [-0.1, -0.05) is 31.2 Å².